The lowest BCUT2D eigenvalue weighted by atomic mass is 10.1. The molecule has 1 atom stereocenters. The van der Waals surface area contributed by atoms with Crippen LogP contribution < -0.4 is 10.6 Å². The third-order valence-corrected chi connectivity index (χ3v) is 5.34. The fraction of sp³-hybridized carbons (Fsp3) is 0.409. The third-order valence-electron chi connectivity index (χ3n) is 4.36. The second kappa shape index (κ2) is 11.6. The van der Waals surface area contributed by atoms with E-state index in [-0.39, 0.29) is 11.8 Å². The highest BCUT2D eigenvalue weighted by Crippen LogP contribution is 2.09. The number of sulfone groups is 1. The minimum atomic E-state index is -2.96. The Morgan fingerprint density at radius 1 is 1.03 bits per heavy atom. The molecular weight excluding hydrogens is 386 g/mol. The van der Waals surface area contributed by atoms with Crippen LogP contribution in [0.25, 0.3) is 0 Å². The Hall–Kier alpha value is -2.38. The van der Waals surface area contributed by atoms with Gasteiger partial charge in [0, 0.05) is 25.9 Å². The number of ether oxygens (including phenoxy) is 1. The zero-order chi connectivity index (χ0) is 21.1. The van der Waals surface area contributed by atoms with E-state index >= 15 is 0 Å². The number of nitrogens with one attached hydrogen (secondary N) is 2. The van der Waals surface area contributed by atoms with Gasteiger partial charge in [-0.2, -0.15) is 0 Å². The van der Waals surface area contributed by atoms with E-state index in [4.69, 9.17) is 4.74 Å². The second-order valence-electron chi connectivity index (χ2n) is 7.19. The molecule has 0 saturated heterocycles. The molecule has 6 nitrogen and oxygen atoms in total. The van der Waals surface area contributed by atoms with E-state index < -0.39 is 9.84 Å². The molecule has 2 rings (SSSR count). The molecule has 0 amide bonds. The number of guanidine groups is 1. The van der Waals surface area contributed by atoms with Crippen molar-refractivity contribution in [1.82, 2.24) is 10.6 Å². The van der Waals surface area contributed by atoms with Crippen LogP contribution in [0.4, 0.5) is 0 Å². The highest BCUT2D eigenvalue weighted by Gasteiger charge is 2.09. The van der Waals surface area contributed by atoms with Crippen molar-refractivity contribution in [3.05, 3.63) is 71.3 Å². The molecule has 0 spiro atoms. The van der Waals surface area contributed by atoms with E-state index in [2.05, 4.69) is 39.9 Å². The number of hydrogen-bond donors (Lipinski definition) is 2. The van der Waals surface area contributed by atoms with E-state index in [1.54, 1.807) is 7.05 Å². The summed E-state index contributed by atoms with van der Waals surface area (Å²) >= 11 is 0. The van der Waals surface area contributed by atoms with Gasteiger partial charge in [0.25, 0.3) is 0 Å². The molecule has 7 heteroatoms. The second-order valence-corrected chi connectivity index (χ2v) is 9.45. The maximum absolute atomic E-state index is 11.3. The van der Waals surface area contributed by atoms with Gasteiger partial charge >= 0.3 is 0 Å². The van der Waals surface area contributed by atoms with Crippen LogP contribution in [-0.2, 0) is 34.3 Å². The molecule has 2 aromatic rings. The standard InChI is InChI=1S/C22H31N3O3S/c1-18(12-13-29(3,26)27)25-22(23-2)24-15-20-10-7-11-21(14-20)17-28-16-19-8-5-4-6-9-19/h4-11,14,18H,12-13,15-17H2,1-3H3,(H2,23,24,25). The van der Waals surface area contributed by atoms with E-state index in [9.17, 15) is 8.42 Å². The quantitative estimate of drug-likeness (QED) is 0.459. The van der Waals surface area contributed by atoms with Gasteiger partial charge in [-0.15, -0.1) is 0 Å². The first-order valence-electron chi connectivity index (χ1n) is 9.70. The molecule has 2 N–H and O–H groups in total. The van der Waals surface area contributed by atoms with Gasteiger partial charge in [-0.1, -0.05) is 54.6 Å². The fourth-order valence-electron chi connectivity index (χ4n) is 2.77. The topological polar surface area (TPSA) is 79.8 Å². The molecule has 0 radical (unpaired) electrons. The smallest absolute Gasteiger partial charge is 0.191 e. The SMILES string of the molecule is CN=C(NCc1cccc(COCc2ccccc2)c1)NC(C)CCS(C)(=O)=O. The highest BCUT2D eigenvalue weighted by molar-refractivity contribution is 7.90. The molecule has 2 aromatic carbocycles. The molecule has 0 fully saturated rings. The van der Waals surface area contributed by atoms with Crippen molar-refractivity contribution in [3.63, 3.8) is 0 Å². The summed E-state index contributed by atoms with van der Waals surface area (Å²) in [5.41, 5.74) is 3.40. The van der Waals surface area contributed by atoms with Gasteiger partial charge in [-0.05, 0) is 30.0 Å². The van der Waals surface area contributed by atoms with E-state index in [1.807, 2.05) is 37.3 Å². The molecule has 1 unspecified atom stereocenters. The van der Waals surface area contributed by atoms with Crippen LogP contribution in [0.1, 0.15) is 30.0 Å². The zero-order valence-corrected chi connectivity index (χ0v) is 18.2. The Bertz CT molecular complexity index is 883. The maximum atomic E-state index is 11.3. The lowest BCUT2D eigenvalue weighted by Crippen LogP contribution is -2.42. The van der Waals surface area contributed by atoms with Crippen LogP contribution in [0.3, 0.4) is 0 Å². The molecular formula is C22H31N3O3S. The van der Waals surface area contributed by atoms with Gasteiger partial charge in [0.2, 0.25) is 0 Å². The molecule has 0 aromatic heterocycles. The van der Waals surface area contributed by atoms with E-state index in [0.29, 0.717) is 32.1 Å². The Morgan fingerprint density at radius 2 is 1.69 bits per heavy atom. The minimum Gasteiger partial charge on any atom is -0.372 e. The number of aliphatic imine (C=N–C) groups is 1. The number of benzene rings is 2. The Balaban J connectivity index is 1.79. The monoisotopic (exact) mass is 417 g/mol. The van der Waals surface area contributed by atoms with Crippen LogP contribution in [0, 0.1) is 0 Å². The van der Waals surface area contributed by atoms with Gasteiger partial charge in [-0.3, -0.25) is 4.99 Å². The predicted molar refractivity (Wildman–Crippen MR) is 119 cm³/mol. The predicted octanol–water partition coefficient (Wildman–Crippen LogP) is 2.89. The summed E-state index contributed by atoms with van der Waals surface area (Å²) in [7, 11) is -1.26. The first-order valence-corrected chi connectivity index (χ1v) is 11.8. The Morgan fingerprint density at radius 3 is 2.38 bits per heavy atom. The van der Waals surface area contributed by atoms with Gasteiger partial charge in [0.1, 0.15) is 9.84 Å². The largest absolute Gasteiger partial charge is 0.372 e. The van der Waals surface area contributed by atoms with E-state index in [0.717, 1.165) is 16.7 Å². The summed E-state index contributed by atoms with van der Waals surface area (Å²) in [6.07, 6.45) is 1.79. The van der Waals surface area contributed by atoms with Crippen molar-refractivity contribution < 1.29 is 13.2 Å². The fourth-order valence-corrected chi connectivity index (χ4v) is 3.55. The van der Waals surface area contributed by atoms with Crippen molar-refractivity contribution in [2.45, 2.75) is 39.1 Å². The van der Waals surface area contributed by atoms with Crippen molar-refractivity contribution in [2.24, 2.45) is 4.99 Å². The number of hydrogen-bond acceptors (Lipinski definition) is 4. The lowest BCUT2D eigenvalue weighted by Gasteiger charge is -2.18. The third kappa shape index (κ3) is 9.58. The van der Waals surface area contributed by atoms with Crippen LogP contribution in [0.15, 0.2) is 59.6 Å². The number of nitrogens with zero attached hydrogens (tertiary/aromatic N) is 1. The van der Waals surface area contributed by atoms with Crippen LogP contribution in [-0.4, -0.2) is 39.5 Å². The van der Waals surface area contributed by atoms with Crippen LogP contribution in [0.5, 0.6) is 0 Å². The average Bonchev–Trinajstić information content (AvgIpc) is 2.70. The van der Waals surface area contributed by atoms with Crippen LogP contribution in [0.2, 0.25) is 0 Å². The molecule has 0 heterocycles. The maximum Gasteiger partial charge on any atom is 0.191 e. The highest BCUT2D eigenvalue weighted by atomic mass is 32.2. The van der Waals surface area contributed by atoms with E-state index in [1.165, 1.54) is 6.26 Å². The van der Waals surface area contributed by atoms with Gasteiger partial charge in [0.05, 0.1) is 19.0 Å². The average molecular weight is 418 g/mol. The zero-order valence-electron chi connectivity index (χ0n) is 17.4. The molecule has 0 aliphatic carbocycles. The van der Waals surface area contributed by atoms with Gasteiger partial charge in [-0.25, -0.2) is 8.42 Å². The summed E-state index contributed by atoms with van der Waals surface area (Å²) in [5.74, 6) is 0.806. The minimum absolute atomic E-state index is 0.00801. The van der Waals surface area contributed by atoms with Gasteiger partial charge < -0.3 is 15.4 Å². The summed E-state index contributed by atoms with van der Waals surface area (Å²) in [4.78, 5) is 4.21. The molecule has 29 heavy (non-hydrogen) atoms. The Kier molecular flexibility index (Phi) is 9.15. The summed E-state index contributed by atoms with van der Waals surface area (Å²) in [5, 5.41) is 6.50. The molecule has 0 aliphatic heterocycles. The number of rotatable bonds is 10. The lowest BCUT2D eigenvalue weighted by molar-refractivity contribution is 0.107. The van der Waals surface area contributed by atoms with Crippen molar-refractivity contribution in [3.8, 4) is 0 Å². The normalized spacial score (nSPS) is 13.1. The molecule has 158 valence electrons. The Labute approximate surface area is 174 Å². The van der Waals surface area contributed by atoms with Crippen molar-refractivity contribution in [2.75, 3.05) is 19.1 Å². The molecule has 0 saturated carbocycles. The molecule has 0 aliphatic rings. The first kappa shape index (κ1) is 22.9. The van der Waals surface area contributed by atoms with Crippen molar-refractivity contribution >= 4 is 15.8 Å². The summed E-state index contributed by atoms with van der Waals surface area (Å²) < 4.78 is 28.4. The molecule has 0 bridgehead atoms. The summed E-state index contributed by atoms with van der Waals surface area (Å²) in [6, 6.07) is 18.3. The summed E-state index contributed by atoms with van der Waals surface area (Å²) in [6.45, 7) is 3.71. The van der Waals surface area contributed by atoms with Crippen LogP contribution >= 0.6 is 0 Å². The van der Waals surface area contributed by atoms with Gasteiger partial charge in [0.15, 0.2) is 5.96 Å². The van der Waals surface area contributed by atoms with Crippen molar-refractivity contribution in [1.29, 1.82) is 0 Å². The first-order chi connectivity index (χ1) is 13.9.